The maximum atomic E-state index is 11.8. The molecule has 2 saturated heterocycles. The maximum Gasteiger partial charge on any atom is 0.318 e. The fourth-order valence-electron chi connectivity index (χ4n) is 2.88. The average molecular weight is 264 g/mol. The van der Waals surface area contributed by atoms with E-state index in [2.05, 4.69) is 20.5 Å². The van der Waals surface area contributed by atoms with Crippen LogP contribution in [0.1, 0.15) is 18.5 Å². The smallest absolute Gasteiger partial charge is 0.318 e. The van der Waals surface area contributed by atoms with Gasteiger partial charge in [-0.3, -0.25) is 4.68 Å². The molecule has 2 aliphatic rings. The summed E-state index contributed by atoms with van der Waals surface area (Å²) in [4.78, 5) is 15.8. The van der Waals surface area contributed by atoms with Crippen LogP contribution in [0.3, 0.4) is 0 Å². The van der Waals surface area contributed by atoms with Crippen molar-refractivity contribution in [1.29, 1.82) is 0 Å². The molecule has 7 heteroatoms. The first kappa shape index (κ1) is 12.4. The summed E-state index contributed by atoms with van der Waals surface area (Å²) >= 11 is 0. The van der Waals surface area contributed by atoms with Crippen LogP contribution < -0.4 is 5.32 Å². The van der Waals surface area contributed by atoms with Crippen LogP contribution in [0.2, 0.25) is 0 Å². The summed E-state index contributed by atoms with van der Waals surface area (Å²) in [7, 11) is 4.02. The quantitative estimate of drug-likeness (QED) is 0.824. The van der Waals surface area contributed by atoms with Crippen molar-refractivity contribution in [2.45, 2.75) is 38.0 Å². The molecule has 104 valence electrons. The second-order valence-electron chi connectivity index (χ2n) is 5.70. The molecule has 0 saturated carbocycles. The minimum Gasteiger partial charge on any atom is -0.333 e. The zero-order valence-electron chi connectivity index (χ0n) is 11.4. The fourth-order valence-corrected chi connectivity index (χ4v) is 2.88. The zero-order valence-corrected chi connectivity index (χ0v) is 11.4. The predicted octanol–water partition coefficient (Wildman–Crippen LogP) is -0.104. The maximum absolute atomic E-state index is 11.8. The molecule has 7 nitrogen and oxygen atoms in total. The number of hydrogen-bond donors (Lipinski definition) is 1. The molecule has 2 amide bonds. The van der Waals surface area contributed by atoms with Gasteiger partial charge in [-0.15, -0.1) is 5.10 Å². The predicted molar refractivity (Wildman–Crippen MR) is 69.5 cm³/mol. The van der Waals surface area contributed by atoms with E-state index in [0.29, 0.717) is 6.04 Å². The summed E-state index contributed by atoms with van der Waals surface area (Å²) in [6, 6.07) is 0.664. The summed E-state index contributed by atoms with van der Waals surface area (Å²) < 4.78 is 1.86. The number of nitrogens with one attached hydrogen (secondary N) is 1. The number of urea groups is 1. The van der Waals surface area contributed by atoms with E-state index in [1.54, 1.807) is 0 Å². The Morgan fingerprint density at radius 1 is 1.47 bits per heavy atom. The molecule has 0 aromatic carbocycles. The Bertz CT molecular complexity index is 471. The molecule has 3 heterocycles. The van der Waals surface area contributed by atoms with Crippen LogP contribution in [0, 0.1) is 0 Å². The van der Waals surface area contributed by atoms with Gasteiger partial charge in [0.15, 0.2) is 0 Å². The number of piperidine rings is 1. The number of nitrogens with zero attached hydrogens (tertiary/aromatic N) is 5. The van der Waals surface area contributed by atoms with Gasteiger partial charge in [-0.25, -0.2) is 4.79 Å². The van der Waals surface area contributed by atoms with E-state index in [1.807, 2.05) is 29.9 Å². The zero-order chi connectivity index (χ0) is 13.4. The third-order valence-electron chi connectivity index (χ3n) is 3.76. The average Bonchev–Trinajstić information content (AvgIpc) is 2.88. The summed E-state index contributed by atoms with van der Waals surface area (Å²) in [6.07, 6.45) is 4.07. The van der Waals surface area contributed by atoms with Crippen LogP contribution >= 0.6 is 0 Å². The minimum absolute atomic E-state index is 0.0705. The Morgan fingerprint density at radius 2 is 2.32 bits per heavy atom. The number of carbonyl (C=O) groups is 1. The van der Waals surface area contributed by atoms with Gasteiger partial charge in [0.2, 0.25) is 0 Å². The van der Waals surface area contributed by atoms with Gasteiger partial charge in [-0.1, -0.05) is 5.21 Å². The highest BCUT2D eigenvalue weighted by Gasteiger charge is 2.38. The summed E-state index contributed by atoms with van der Waals surface area (Å²) in [5.41, 5.74) is 0.963. The Hall–Kier alpha value is -1.63. The molecule has 0 spiro atoms. The molecule has 0 aliphatic carbocycles. The van der Waals surface area contributed by atoms with Gasteiger partial charge in [0.25, 0.3) is 0 Å². The van der Waals surface area contributed by atoms with E-state index in [9.17, 15) is 4.79 Å². The molecule has 1 N–H and O–H groups in total. The van der Waals surface area contributed by atoms with Crippen LogP contribution in [0.25, 0.3) is 0 Å². The minimum atomic E-state index is 0.0705. The number of hydrogen-bond acceptors (Lipinski definition) is 4. The summed E-state index contributed by atoms with van der Waals surface area (Å²) in [5, 5.41) is 11.3. The monoisotopic (exact) mass is 264 g/mol. The number of fused-ring (bicyclic) bond motifs is 2. The van der Waals surface area contributed by atoms with Gasteiger partial charge in [0, 0.05) is 25.3 Å². The topological polar surface area (TPSA) is 66.3 Å². The first-order valence-electron chi connectivity index (χ1n) is 6.72. The molecule has 3 rings (SSSR count). The van der Waals surface area contributed by atoms with Crippen molar-refractivity contribution in [2.24, 2.45) is 0 Å². The largest absolute Gasteiger partial charge is 0.333 e. The Kier molecular flexibility index (Phi) is 3.14. The third kappa shape index (κ3) is 2.56. The van der Waals surface area contributed by atoms with Crippen molar-refractivity contribution in [3.63, 3.8) is 0 Å². The number of rotatable bonds is 4. The molecule has 2 aliphatic heterocycles. The van der Waals surface area contributed by atoms with Crippen molar-refractivity contribution in [1.82, 2.24) is 30.1 Å². The molecule has 0 radical (unpaired) electrons. The molecule has 2 bridgehead atoms. The molecular weight excluding hydrogens is 244 g/mol. The molecule has 2 atom stereocenters. The van der Waals surface area contributed by atoms with Gasteiger partial charge >= 0.3 is 6.03 Å². The molecule has 0 unspecified atom stereocenters. The normalized spacial score (nSPS) is 26.1. The van der Waals surface area contributed by atoms with Crippen LogP contribution in [-0.2, 0) is 13.1 Å². The number of amides is 2. The van der Waals surface area contributed by atoms with E-state index in [0.717, 1.165) is 38.2 Å². The van der Waals surface area contributed by atoms with Crippen molar-refractivity contribution < 1.29 is 4.79 Å². The van der Waals surface area contributed by atoms with Crippen LogP contribution in [0.4, 0.5) is 4.79 Å². The van der Waals surface area contributed by atoms with Crippen molar-refractivity contribution in [3.05, 3.63) is 11.9 Å². The second-order valence-corrected chi connectivity index (χ2v) is 5.70. The second kappa shape index (κ2) is 4.80. The van der Waals surface area contributed by atoms with Gasteiger partial charge in [-0.2, -0.15) is 0 Å². The standard InChI is InChI=1S/C12H20N6O/c1-16(2)5-10-6-17(15-14-10)8-11-4-3-9-7-18(11)12(19)13-9/h6,9,11H,3-5,7-8H2,1-2H3,(H,13,19)/t9-,11+/m1/s1. The van der Waals surface area contributed by atoms with Crippen LogP contribution in [-0.4, -0.2) is 63.5 Å². The fraction of sp³-hybridized carbons (Fsp3) is 0.750. The van der Waals surface area contributed by atoms with Gasteiger partial charge in [0.05, 0.1) is 18.3 Å². The Labute approximate surface area is 112 Å². The lowest BCUT2D eigenvalue weighted by Crippen LogP contribution is -2.42. The van der Waals surface area contributed by atoms with Crippen molar-refractivity contribution >= 4 is 6.03 Å². The summed E-state index contributed by atoms with van der Waals surface area (Å²) in [6.45, 7) is 2.36. The van der Waals surface area contributed by atoms with E-state index < -0.39 is 0 Å². The van der Waals surface area contributed by atoms with Crippen molar-refractivity contribution in [3.8, 4) is 0 Å². The van der Waals surface area contributed by atoms with E-state index in [-0.39, 0.29) is 12.1 Å². The van der Waals surface area contributed by atoms with Crippen LogP contribution in [0.5, 0.6) is 0 Å². The van der Waals surface area contributed by atoms with E-state index in [4.69, 9.17) is 0 Å². The highest BCUT2D eigenvalue weighted by Crippen LogP contribution is 2.23. The molecule has 1 aromatic heterocycles. The lowest BCUT2D eigenvalue weighted by atomic mass is 10.0. The SMILES string of the molecule is CN(C)Cc1cn(C[C@@H]2CC[C@@H]3CN2C(=O)N3)nn1. The van der Waals surface area contributed by atoms with Gasteiger partial charge in [0.1, 0.15) is 0 Å². The Balaban J connectivity index is 1.64. The first-order chi connectivity index (χ1) is 9.11. The molecule has 2 fully saturated rings. The Morgan fingerprint density at radius 3 is 3.11 bits per heavy atom. The van der Waals surface area contributed by atoms with Gasteiger partial charge < -0.3 is 15.1 Å². The first-order valence-corrected chi connectivity index (χ1v) is 6.72. The number of carbonyl (C=O) groups excluding carboxylic acids is 1. The van der Waals surface area contributed by atoms with E-state index >= 15 is 0 Å². The van der Waals surface area contributed by atoms with Gasteiger partial charge in [-0.05, 0) is 26.9 Å². The molecular formula is C12H20N6O. The third-order valence-corrected chi connectivity index (χ3v) is 3.76. The lowest BCUT2D eigenvalue weighted by molar-refractivity contribution is 0.171. The highest BCUT2D eigenvalue weighted by molar-refractivity contribution is 5.77. The molecule has 19 heavy (non-hydrogen) atoms. The van der Waals surface area contributed by atoms with Crippen LogP contribution in [0.15, 0.2) is 6.20 Å². The highest BCUT2D eigenvalue weighted by atomic mass is 16.2. The molecule has 1 aromatic rings. The number of aromatic nitrogens is 3. The van der Waals surface area contributed by atoms with E-state index in [1.165, 1.54) is 0 Å². The summed E-state index contributed by atoms with van der Waals surface area (Å²) in [5.74, 6) is 0. The van der Waals surface area contributed by atoms with Crippen molar-refractivity contribution in [2.75, 3.05) is 20.6 Å². The lowest BCUT2D eigenvalue weighted by Gasteiger charge is -2.30.